The van der Waals surface area contributed by atoms with Crippen molar-refractivity contribution in [1.82, 2.24) is 10.3 Å². The second-order valence-corrected chi connectivity index (χ2v) is 6.39. The zero-order valence-corrected chi connectivity index (χ0v) is 11.6. The van der Waals surface area contributed by atoms with E-state index in [-0.39, 0.29) is 0 Å². The standard InChI is InChI=1S/C16H16N2S/c1-2-6-13-12(5-1)9-14-16(13)18-15(19-14)8-11-4-3-7-17-10-11/h1-2,4-6,17H,3,7-10H2. The van der Waals surface area contributed by atoms with E-state index in [2.05, 4.69) is 35.7 Å². The third-order valence-corrected chi connectivity index (χ3v) is 4.90. The van der Waals surface area contributed by atoms with E-state index >= 15 is 0 Å². The fraction of sp³-hybridized carbons (Fsp3) is 0.312. The maximum Gasteiger partial charge on any atom is 0.0976 e. The molecule has 1 aliphatic carbocycles. The Morgan fingerprint density at radius 1 is 1.26 bits per heavy atom. The highest BCUT2D eigenvalue weighted by Crippen LogP contribution is 2.39. The Kier molecular flexibility index (Phi) is 2.75. The molecule has 0 saturated carbocycles. The first-order valence-corrected chi connectivity index (χ1v) is 7.67. The number of nitrogens with zero attached hydrogens (tertiary/aromatic N) is 1. The molecule has 0 atom stereocenters. The van der Waals surface area contributed by atoms with Gasteiger partial charge >= 0.3 is 0 Å². The summed E-state index contributed by atoms with van der Waals surface area (Å²) >= 11 is 1.89. The van der Waals surface area contributed by atoms with Gasteiger partial charge in [-0.15, -0.1) is 11.3 Å². The lowest BCUT2D eigenvalue weighted by Crippen LogP contribution is -2.23. The number of thiazole rings is 1. The molecule has 2 aromatic rings. The number of hydrogen-bond acceptors (Lipinski definition) is 3. The Balaban J connectivity index is 1.63. The van der Waals surface area contributed by atoms with Crippen LogP contribution in [0.5, 0.6) is 0 Å². The highest BCUT2D eigenvalue weighted by molar-refractivity contribution is 7.12. The van der Waals surface area contributed by atoms with E-state index in [1.54, 1.807) is 0 Å². The molecule has 0 spiro atoms. The van der Waals surface area contributed by atoms with Crippen LogP contribution in [-0.2, 0) is 12.8 Å². The lowest BCUT2D eigenvalue weighted by atomic mass is 10.1. The monoisotopic (exact) mass is 268 g/mol. The van der Waals surface area contributed by atoms with Crippen LogP contribution in [0.1, 0.15) is 21.9 Å². The average Bonchev–Trinajstić information content (AvgIpc) is 2.97. The van der Waals surface area contributed by atoms with Crippen LogP contribution in [0.25, 0.3) is 11.3 Å². The second kappa shape index (κ2) is 4.58. The third kappa shape index (κ3) is 2.03. The van der Waals surface area contributed by atoms with Gasteiger partial charge in [-0.2, -0.15) is 0 Å². The van der Waals surface area contributed by atoms with Crippen molar-refractivity contribution in [2.75, 3.05) is 13.1 Å². The Labute approximate surface area is 117 Å². The summed E-state index contributed by atoms with van der Waals surface area (Å²) in [6.45, 7) is 2.14. The quantitative estimate of drug-likeness (QED) is 0.722. The van der Waals surface area contributed by atoms with Crippen LogP contribution in [0.4, 0.5) is 0 Å². The minimum absolute atomic E-state index is 1.02. The first-order chi connectivity index (χ1) is 9.40. The largest absolute Gasteiger partial charge is 0.313 e. The molecule has 2 nitrogen and oxygen atoms in total. The van der Waals surface area contributed by atoms with Crippen LogP contribution in [0.2, 0.25) is 0 Å². The van der Waals surface area contributed by atoms with Gasteiger partial charge in [0.1, 0.15) is 0 Å². The number of rotatable bonds is 2. The summed E-state index contributed by atoms with van der Waals surface area (Å²) in [4.78, 5) is 6.32. The van der Waals surface area contributed by atoms with Crippen LogP contribution in [0.3, 0.4) is 0 Å². The number of hydrogen-bond donors (Lipinski definition) is 1. The summed E-state index contributed by atoms with van der Waals surface area (Å²) in [5, 5.41) is 4.70. The fourth-order valence-electron chi connectivity index (χ4n) is 2.91. The summed E-state index contributed by atoms with van der Waals surface area (Å²) < 4.78 is 0. The van der Waals surface area contributed by atoms with Gasteiger partial charge in [0.25, 0.3) is 0 Å². The third-order valence-electron chi connectivity index (χ3n) is 3.85. The number of fused-ring (bicyclic) bond motifs is 3. The second-order valence-electron chi connectivity index (χ2n) is 5.22. The first-order valence-electron chi connectivity index (χ1n) is 6.85. The van der Waals surface area contributed by atoms with Crippen molar-refractivity contribution in [3.8, 4) is 11.3 Å². The minimum atomic E-state index is 1.02. The van der Waals surface area contributed by atoms with Gasteiger partial charge in [-0.3, -0.25) is 0 Å². The maximum atomic E-state index is 4.88. The SMILES string of the molecule is C1=C(Cc2nc3c(s2)Cc2ccccc2-3)CNCC1. The fourth-order valence-corrected chi connectivity index (χ4v) is 4.07. The molecule has 1 N–H and O–H groups in total. The molecule has 0 fully saturated rings. The molecule has 96 valence electrons. The zero-order valence-electron chi connectivity index (χ0n) is 10.8. The van der Waals surface area contributed by atoms with E-state index in [1.807, 2.05) is 11.3 Å². The van der Waals surface area contributed by atoms with Crippen LogP contribution >= 0.6 is 11.3 Å². The van der Waals surface area contributed by atoms with Gasteiger partial charge in [-0.05, 0) is 18.5 Å². The molecule has 1 aliphatic heterocycles. The summed E-state index contributed by atoms with van der Waals surface area (Å²) in [6.07, 6.45) is 5.62. The first kappa shape index (κ1) is 11.4. The number of nitrogens with one attached hydrogen (secondary N) is 1. The van der Waals surface area contributed by atoms with Gasteiger partial charge < -0.3 is 5.32 Å². The highest BCUT2D eigenvalue weighted by Gasteiger charge is 2.22. The molecule has 0 amide bonds. The lowest BCUT2D eigenvalue weighted by Gasteiger charge is -2.12. The van der Waals surface area contributed by atoms with Gasteiger partial charge in [-0.25, -0.2) is 4.98 Å². The van der Waals surface area contributed by atoms with Crippen molar-refractivity contribution in [1.29, 1.82) is 0 Å². The molecule has 0 saturated heterocycles. The van der Waals surface area contributed by atoms with Gasteiger partial charge in [0.2, 0.25) is 0 Å². The Bertz CT molecular complexity index is 655. The molecule has 4 rings (SSSR count). The van der Waals surface area contributed by atoms with Crippen LogP contribution in [0.15, 0.2) is 35.9 Å². The summed E-state index contributed by atoms with van der Waals surface area (Å²) in [5.41, 5.74) is 5.50. The molecule has 3 heteroatoms. The predicted octanol–water partition coefficient (Wildman–Crippen LogP) is 3.18. The zero-order chi connectivity index (χ0) is 12.7. The van der Waals surface area contributed by atoms with Crippen molar-refractivity contribution in [3.05, 3.63) is 51.4 Å². The molecule has 2 heterocycles. The van der Waals surface area contributed by atoms with E-state index in [0.717, 1.165) is 32.4 Å². The Morgan fingerprint density at radius 3 is 3.11 bits per heavy atom. The number of benzene rings is 1. The summed E-state index contributed by atoms with van der Waals surface area (Å²) in [7, 11) is 0. The van der Waals surface area contributed by atoms with Crippen molar-refractivity contribution in [2.24, 2.45) is 0 Å². The molecule has 0 radical (unpaired) electrons. The van der Waals surface area contributed by atoms with Crippen LogP contribution < -0.4 is 5.32 Å². The van der Waals surface area contributed by atoms with Crippen LogP contribution in [0, 0.1) is 0 Å². The molecular formula is C16H16N2S. The molecule has 1 aromatic heterocycles. The molecular weight excluding hydrogens is 252 g/mol. The molecule has 19 heavy (non-hydrogen) atoms. The van der Waals surface area contributed by atoms with E-state index < -0.39 is 0 Å². The summed E-state index contributed by atoms with van der Waals surface area (Å²) in [6, 6.07) is 8.65. The Morgan fingerprint density at radius 2 is 2.21 bits per heavy atom. The van der Waals surface area contributed by atoms with Gasteiger partial charge in [-0.1, -0.05) is 35.9 Å². The number of aromatic nitrogens is 1. The normalized spacial score (nSPS) is 16.9. The lowest BCUT2D eigenvalue weighted by molar-refractivity contribution is 0.690. The van der Waals surface area contributed by atoms with Crippen molar-refractivity contribution in [3.63, 3.8) is 0 Å². The van der Waals surface area contributed by atoms with Crippen LogP contribution in [-0.4, -0.2) is 18.1 Å². The topological polar surface area (TPSA) is 24.9 Å². The highest BCUT2D eigenvalue weighted by atomic mass is 32.1. The van der Waals surface area contributed by atoms with Gasteiger partial charge in [0.05, 0.1) is 10.7 Å². The van der Waals surface area contributed by atoms with Gasteiger partial charge in [0, 0.05) is 29.8 Å². The minimum Gasteiger partial charge on any atom is -0.313 e. The van der Waals surface area contributed by atoms with Gasteiger partial charge in [0.15, 0.2) is 0 Å². The Hall–Kier alpha value is -1.45. The van der Waals surface area contributed by atoms with Crippen molar-refractivity contribution < 1.29 is 0 Å². The molecule has 0 unspecified atom stereocenters. The molecule has 2 aliphatic rings. The predicted molar refractivity (Wildman–Crippen MR) is 79.6 cm³/mol. The molecule has 0 bridgehead atoms. The molecule has 1 aromatic carbocycles. The average molecular weight is 268 g/mol. The smallest absolute Gasteiger partial charge is 0.0976 e. The van der Waals surface area contributed by atoms with E-state index in [1.165, 1.54) is 32.3 Å². The summed E-state index contributed by atoms with van der Waals surface area (Å²) in [5.74, 6) is 0. The maximum absolute atomic E-state index is 4.88. The van der Waals surface area contributed by atoms with E-state index in [0.29, 0.717) is 0 Å². The van der Waals surface area contributed by atoms with E-state index in [9.17, 15) is 0 Å². The van der Waals surface area contributed by atoms with Crippen molar-refractivity contribution in [2.45, 2.75) is 19.3 Å². The van der Waals surface area contributed by atoms with E-state index in [4.69, 9.17) is 4.98 Å². The van der Waals surface area contributed by atoms with Crippen molar-refractivity contribution >= 4 is 11.3 Å².